The highest BCUT2D eigenvalue weighted by Crippen LogP contribution is 2.15. The summed E-state index contributed by atoms with van der Waals surface area (Å²) in [6.45, 7) is 0.492. The van der Waals surface area contributed by atoms with Crippen LogP contribution in [0.15, 0.2) is 23.4 Å². The molecule has 19 heavy (non-hydrogen) atoms. The minimum atomic E-state index is -0.632. The van der Waals surface area contributed by atoms with E-state index in [1.807, 2.05) is 0 Å². The molecular weight excluding hydrogens is 253 g/mol. The molecule has 0 unspecified atom stereocenters. The van der Waals surface area contributed by atoms with Gasteiger partial charge in [-0.2, -0.15) is 0 Å². The van der Waals surface area contributed by atoms with Crippen LogP contribution in [0.5, 0.6) is 0 Å². The van der Waals surface area contributed by atoms with Crippen LogP contribution in [0.3, 0.4) is 0 Å². The average molecular weight is 269 g/mol. The molecule has 104 valence electrons. The van der Waals surface area contributed by atoms with Gasteiger partial charge >= 0.3 is 0 Å². The second-order valence-electron chi connectivity index (χ2n) is 3.82. The van der Waals surface area contributed by atoms with Gasteiger partial charge in [0.25, 0.3) is 0 Å². The Morgan fingerprint density at radius 1 is 1.58 bits per heavy atom. The van der Waals surface area contributed by atoms with Crippen molar-refractivity contribution in [1.29, 1.82) is 0 Å². The number of ether oxygens (including phenoxy) is 1. The van der Waals surface area contributed by atoms with Gasteiger partial charge in [-0.3, -0.25) is 4.79 Å². The Balaban J connectivity index is 2.72. The number of nitrogens with zero attached hydrogens (tertiary/aromatic N) is 1. The summed E-state index contributed by atoms with van der Waals surface area (Å²) in [4.78, 5) is 11.6. The molecule has 1 rings (SSSR count). The van der Waals surface area contributed by atoms with E-state index in [-0.39, 0.29) is 17.3 Å². The molecule has 0 atom stereocenters. The molecule has 0 aliphatic carbocycles. The lowest BCUT2D eigenvalue weighted by Crippen LogP contribution is -2.17. The standard InChI is InChI=1S/C12H16FN3O3/c1-19-6-2-3-11(17)15-8-4-5-10(13)9(7-8)12(14)16-18/h4-5,7,18H,2-3,6H2,1H3,(H2,14,16)(H,15,17). The molecule has 0 aliphatic heterocycles. The zero-order valence-electron chi connectivity index (χ0n) is 10.5. The van der Waals surface area contributed by atoms with Gasteiger partial charge in [-0.25, -0.2) is 4.39 Å². The van der Waals surface area contributed by atoms with Crippen LogP contribution in [0, 0.1) is 5.82 Å². The SMILES string of the molecule is COCCCC(=O)Nc1ccc(F)c(C(N)=NO)c1. The van der Waals surface area contributed by atoms with E-state index in [9.17, 15) is 9.18 Å². The van der Waals surface area contributed by atoms with Gasteiger partial charge in [0.15, 0.2) is 5.84 Å². The smallest absolute Gasteiger partial charge is 0.224 e. The minimum absolute atomic E-state index is 0.0720. The first-order valence-corrected chi connectivity index (χ1v) is 5.64. The first kappa shape index (κ1) is 14.9. The quantitative estimate of drug-likeness (QED) is 0.238. The Morgan fingerprint density at radius 3 is 2.95 bits per heavy atom. The van der Waals surface area contributed by atoms with E-state index in [0.29, 0.717) is 25.1 Å². The van der Waals surface area contributed by atoms with Crippen molar-refractivity contribution in [2.45, 2.75) is 12.8 Å². The molecular formula is C12H16FN3O3. The second-order valence-corrected chi connectivity index (χ2v) is 3.82. The summed E-state index contributed by atoms with van der Waals surface area (Å²) in [5.74, 6) is -1.20. The average Bonchev–Trinajstić information content (AvgIpc) is 2.40. The molecule has 4 N–H and O–H groups in total. The first-order valence-electron chi connectivity index (χ1n) is 5.64. The van der Waals surface area contributed by atoms with Gasteiger partial charge in [-0.15, -0.1) is 0 Å². The van der Waals surface area contributed by atoms with Crippen molar-refractivity contribution in [3.05, 3.63) is 29.6 Å². The summed E-state index contributed by atoms with van der Waals surface area (Å²) in [6.07, 6.45) is 0.890. The molecule has 1 aromatic rings. The van der Waals surface area contributed by atoms with Crippen LogP contribution < -0.4 is 11.1 Å². The fourth-order valence-electron chi connectivity index (χ4n) is 1.45. The van der Waals surface area contributed by atoms with Gasteiger partial charge in [-0.05, 0) is 24.6 Å². The summed E-state index contributed by atoms with van der Waals surface area (Å²) >= 11 is 0. The summed E-state index contributed by atoms with van der Waals surface area (Å²) in [5, 5.41) is 13.8. The van der Waals surface area contributed by atoms with Crippen LogP contribution >= 0.6 is 0 Å². The molecule has 0 spiro atoms. The van der Waals surface area contributed by atoms with E-state index >= 15 is 0 Å². The minimum Gasteiger partial charge on any atom is -0.409 e. The van der Waals surface area contributed by atoms with Crippen LogP contribution in [0.2, 0.25) is 0 Å². The molecule has 1 amide bonds. The number of hydrogen-bond acceptors (Lipinski definition) is 4. The molecule has 0 aliphatic rings. The fraction of sp³-hybridized carbons (Fsp3) is 0.333. The van der Waals surface area contributed by atoms with E-state index in [1.54, 1.807) is 7.11 Å². The number of carbonyl (C=O) groups is 1. The van der Waals surface area contributed by atoms with E-state index in [2.05, 4.69) is 10.5 Å². The van der Waals surface area contributed by atoms with Crippen LogP contribution in [-0.2, 0) is 9.53 Å². The van der Waals surface area contributed by atoms with Gasteiger partial charge in [-0.1, -0.05) is 5.16 Å². The molecule has 7 heteroatoms. The van der Waals surface area contributed by atoms with Gasteiger partial charge in [0, 0.05) is 25.8 Å². The normalized spacial score (nSPS) is 11.4. The van der Waals surface area contributed by atoms with Crippen LogP contribution in [-0.4, -0.2) is 30.7 Å². The lowest BCUT2D eigenvalue weighted by atomic mass is 10.1. The zero-order valence-corrected chi connectivity index (χ0v) is 10.5. The molecule has 0 fully saturated rings. The predicted octanol–water partition coefficient (Wildman–Crippen LogP) is 1.29. The Labute approximate surface area is 110 Å². The van der Waals surface area contributed by atoms with E-state index < -0.39 is 5.82 Å². The third-order valence-corrected chi connectivity index (χ3v) is 2.39. The molecule has 0 bridgehead atoms. The van der Waals surface area contributed by atoms with E-state index in [4.69, 9.17) is 15.7 Å². The Morgan fingerprint density at radius 2 is 2.32 bits per heavy atom. The molecule has 0 radical (unpaired) electrons. The van der Waals surface area contributed by atoms with Crippen LogP contribution in [0.25, 0.3) is 0 Å². The Hall–Kier alpha value is -2.15. The number of anilines is 1. The fourth-order valence-corrected chi connectivity index (χ4v) is 1.45. The van der Waals surface area contributed by atoms with E-state index in [1.165, 1.54) is 12.1 Å². The second kappa shape index (κ2) is 7.32. The third-order valence-electron chi connectivity index (χ3n) is 2.39. The number of carbonyl (C=O) groups excluding carboxylic acids is 1. The maximum Gasteiger partial charge on any atom is 0.224 e. The summed E-state index contributed by atoms with van der Waals surface area (Å²) in [7, 11) is 1.56. The number of rotatable bonds is 6. The number of nitrogens with two attached hydrogens (primary N) is 1. The number of benzene rings is 1. The highest BCUT2D eigenvalue weighted by Gasteiger charge is 2.09. The summed E-state index contributed by atoms with van der Waals surface area (Å²) < 4.78 is 18.2. The monoisotopic (exact) mass is 269 g/mol. The first-order chi connectivity index (χ1) is 9.08. The van der Waals surface area contributed by atoms with Crippen LogP contribution in [0.4, 0.5) is 10.1 Å². The topological polar surface area (TPSA) is 96.9 Å². The highest BCUT2D eigenvalue weighted by atomic mass is 19.1. The maximum atomic E-state index is 13.4. The number of oxime groups is 1. The van der Waals surface area contributed by atoms with Crippen molar-refractivity contribution in [3.8, 4) is 0 Å². The number of amides is 1. The van der Waals surface area contributed by atoms with Gasteiger partial charge in [0.05, 0.1) is 5.56 Å². The number of nitrogens with one attached hydrogen (secondary N) is 1. The van der Waals surface area contributed by atoms with Crippen molar-refractivity contribution >= 4 is 17.4 Å². The number of methoxy groups -OCH3 is 1. The largest absolute Gasteiger partial charge is 0.409 e. The highest BCUT2D eigenvalue weighted by molar-refractivity contribution is 5.99. The van der Waals surface area contributed by atoms with Crippen molar-refractivity contribution < 1.29 is 19.1 Å². The van der Waals surface area contributed by atoms with Crippen molar-refractivity contribution in [1.82, 2.24) is 0 Å². The van der Waals surface area contributed by atoms with Crippen molar-refractivity contribution in [2.75, 3.05) is 19.0 Å². The maximum absolute atomic E-state index is 13.4. The summed E-state index contributed by atoms with van der Waals surface area (Å²) in [6, 6.07) is 3.84. The molecule has 0 heterocycles. The van der Waals surface area contributed by atoms with Crippen molar-refractivity contribution in [3.63, 3.8) is 0 Å². The van der Waals surface area contributed by atoms with Crippen molar-refractivity contribution in [2.24, 2.45) is 10.9 Å². The Bertz CT molecular complexity index is 477. The molecule has 0 saturated carbocycles. The zero-order chi connectivity index (χ0) is 14.3. The van der Waals surface area contributed by atoms with Gasteiger partial charge in [0.1, 0.15) is 5.82 Å². The predicted molar refractivity (Wildman–Crippen MR) is 68.7 cm³/mol. The van der Waals surface area contributed by atoms with Gasteiger partial charge < -0.3 is 21.0 Å². The summed E-state index contributed by atoms with van der Waals surface area (Å²) in [5.41, 5.74) is 5.63. The van der Waals surface area contributed by atoms with E-state index in [0.717, 1.165) is 6.07 Å². The molecule has 6 nitrogen and oxygen atoms in total. The third kappa shape index (κ3) is 4.55. The molecule has 0 saturated heterocycles. The number of amidine groups is 1. The van der Waals surface area contributed by atoms with Crippen LogP contribution in [0.1, 0.15) is 18.4 Å². The molecule has 0 aromatic heterocycles. The number of halogens is 1. The Kier molecular flexibility index (Phi) is 5.74. The lowest BCUT2D eigenvalue weighted by molar-refractivity contribution is -0.116. The lowest BCUT2D eigenvalue weighted by Gasteiger charge is -2.07. The van der Waals surface area contributed by atoms with Gasteiger partial charge in [0.2, 0.25) is 5.91 Å². The number of hydrogen-bond donors (Lipinski definition) is 3. The molecule has 1 aromatic carbocycles.